The molecule has 0 radical (unpaired) electrons. The van der Waals surface area contributed by atoms with Crippen LogP contribution in [0, 0.1) is 13.8 Å². The van der Waals surface area contributed by atoms with Crippen molar-refractivity contribution in [3.63, 3.8) is 0 Å². The lowest BCUT2D eigenvalue weighted by Gasteiger charge is -2.11. The molecule has 0 aliphatic carbocycles. The van der Waals surface area contributed by atoms with Crippen molar-refractivity contribution in [3.05, 3.63) is 117 Å². The zero-order valence-corrected chi connectivity index (χ0v) is 21.1. The number of aromatic nitrogens is 2. The van der Waals surface area contributed by atoms with Crippen LogP contribution in [0.2, 0.25) is 0 Å². The highest BCUT2D eigenvalue weighted by Gasteiger charge is 2.11. The number of para-hydroxylation sites is 1. The minimum atomic E-state index is -0.256. The van der Waals surface area contributed by atoms with Crippen LogP contribution in [0.3, 0.4) is 0 Å². The van der Waals surface area contributed by atoms with E-state index in [1.807, 2.05) is 61.5 Å². The van der Waals surface area contributed by atoms with Gasteiger partial charge in [0.25, 0.3) is 11.5 Å². The Morgan fingerprint density at radius 2 is 1.67 bits per heavy atom. The third-order valence-electron chi connectivity index (χ3n) is 6.00. The second kappa shape index (κ2) is 11.0. The molecule has 0 spiro atoms. The van der Waals surface area contributed by atoms with Crippen LogP contribution in [0.1, 0.15) is 46.5 Å². The first-order valence-electron chi connectivity index (χ1n) is 12.0. The SMILES string of the molecule is CCc1cccc(-c2cc(C)c(=O)n(Cc3cccc(C(=O)NC(C)=Nc4ccccc4C)c3)n2)c1. The standard InChI is InChI=1S/C30H30N4O2/c1-5-23-11-8-13-25(17-23)28-16-21(3)30(36)34(33-28)19-24-12-9-14-26(18-24)29(35)32-22(4)31-27-15-7-6-10-20(27)2/h6-18H,5,19H2,1-4H3,(H,31,32,35). The molecule has 0 bridgehead atoms. The molecule has 0 fully saturated rings. The summed E-state index contributed by atoms with van der Waals surface area (Å²) in [5, 5.41) is 7.49. The number of nitrogens with zero attached hydrogens (tertiary/aromatic N) is 3. The van der Waals surface area contributed by atoms with E-state index in [-0.39, 0.29) is 18.0 Å². The zero-order valence-electron chi connectivity index (χ0n) is 21.1. The number of amidine groups is 1. The van der Waals surface area contributed by atoms with Gasteiger partial charge < -0.3 is 5.32 Å². The van der Waals surface area contributed by atoms with Gasteiger partial charge in [-0.15, -0.1) is 0 Å². The second-order valence-corrected chi connectivity index (χ2v) is 8.87. The Labute approximate surface area is 211 Å². The fraction of sp³-hybridized carbons (Fsp3) is 0.200. The Balaban J connectivity index is 1.56. The minimum absolute atomic E-state index is 0.151. The summed E-state index contributed by atoms with van der Waals surface area (Å²) >= 11 is 0. The van der Waals surface area contributed by atoms with Crippen molar-refractivity contribution in [2.24, 2.45) is 4.99 Å². The highest BCUT2D eigenvalue weighted by atomic mass is 16.1. The number of carbonyl (C=O) groups is 1. The summed E-state index contributed by atoms with van der Waals surface area (Å²) in [5.74, 6) is 0.253. The molecule has 1 heterocycles. The molecule has 1 amide bonds. The molecule has 0 aliphatic rings. The van der Waals surface area contributed by atoms with Gasteiger partial charge in [0.05, 0.1) is 17.9 Å². The summed E-state index contributed by atoms with van der Waals surface area (Å²) in [5.41, 5.74) is 6.55. The Morgan fingerprint density at radius 3 is 2.44 bits per heavy atom. The van der Waals surface area contributed by atoms with Crippen LogP contribution < -0.4 is 10.9 Å². The smallest absolute Gasteiger partial charge is 0.270 e. The monoisotopic (exact) mass is 478 g/mol. The zero-order chi connectivity index (χ0) is 25.7. The van der Waals surface area contributed by atoms with E-state index in [2.05, 4.69) is 34.5 Å². The van der Waals surface area contributed by atoms with E-state index in [0.29, 0.717) is 17.0 Å². The van der Waals surface area contributed by atoms with Crippen LogP contribution in [0.4, 0.5) is 5.69 Å². The Bertz CT molecular complexity index is 1500. The van der Waals surface area contributed by atoms with Crippen molar-refractivity contribution >= 4 is 17.4 Å². The highest BCUT2D eigenvalue weighted by Crippen LogP contribution is 2.19. The maximum absolute atomic E-state index is 12.9. The molecule has 3 aromatic carbocycles. The number of aliphatic imine (C=N–C) groups is 1. The van der Waals surface area contributed by atoms with Crippen LogP contribution in [0.25, 0.3) is 11.3 Å². The van der Waals surface area contributed by atoms with Crippen LogP contribution in [-0.2, 0) is 13.0 Å². The van der Waals surface area contributed by atoms with Gasteiger partial charge in [0.2, 0.25) is 0 Å². The fourth-order valence-electron chi connectivity index (χ4n) is 3.99. The summed E-state index contributed by atoms with van der Waals surface area (Å²) in [6.45, 7) is 7.91. The summed E-state index contributed by atoms with van der Waals surface area (Å²) < 4.78 is 1.46. The molecule has 0 unspecified atom stereocenters. The van der Waals surface area contributed by atoms with Gasteiger partial charge in [-0.3, -0.25) is 9.59 Å². The normalized spacial score (nSPS) is 11.4. The molecule has 6 nitrogen and oxygen atoms in total. The lowest BCUT2D eigenvalue weighted by Crippen LogP contribution is -2.28. The van der Waals surface area contributed by atoms with E-state index in [0.717, 1.165) is 34.5 Å². The molecule has 4 rings (SSSR count). The van der Waals surface area contributed by atoms with Crippen molar-refractivity contribution in [1.29, 1.82) is 0 Å². The maximum atomic E-state index is 12.9. The molecule has 0 aliphatic heterocycles. The predicted molar refractivity (Wildman–Crippen MR) is 145 cm³/mol. The lowest BCUT2D eigenvalue weighted by molar-refractivity contribution is 0.0976. The van der Waals surface area contributed by atoms with E-state index in [1.54, 1.807) is 26.0 Å². The summed E-state index contributed by atoms with van der Waals surface area (Å²) in [7, 11) is 0. The molecule has 0 atom stereocenters. The molecule has 1 N–H and O–H groups in total. The van der Waals surface area contributed by atoms with Gasteiger partial charge in [-0.05, 0) is 74.2 Å². The minimum Gasteiger partial charge on any atom is -0.310 e. The first-order chi connectivity index (χ1) is 17.3. The van der Waals surface area contributed by atoms with E-state index < -0.39 is 0 Å². The van der Waals surface area contributed by atoms with Crippen molar-refractivity contribution in [3.8, 4) is 11.3 Å². The topological polar surface area (TPSA) is 76.3 Å². The van der Waals surface area contributed by atoms with Crippen molar-refractivity contribution < 1.29 is 4.79 Å². The Kier molecular flexibility index (Phi) is 7.54. The number of benzene rings is 3. The number of hydrogen-bond acceptors (Lipinski definition) is 4. The van der Waals surface area contributed by atoms with Crippen molar-refractivity contribution in [2.45, 2.75) is 40.7 Å². The molecular formula is C30H30N4O2. The van der Waals surface area contributed by atoms with Crippen molar-refractivity contribution in [2.75, 3.05) is 0 Å². The number of aryl methyl sites for hydroxylation is 3. The highest BCUT2D eigenvalue weighted by molar-refractivity contribution is 6.06. The molecule has 0 saturated carbocycles. The van der Waals surface area contributed by atoms with E-state index in [4.69, 9.17) is 0 Å². The molecule has 182 valence electrons. The molecule has 36 heavy (non-hydrogen) atoms. The molecule has 4 aromatic rings. The van der Waals surface area contributed by atoms with Crippen LogP contribution in [-0.4, -0.2) is 21.5 Å². The van der Waals surface area contributed by atoms with Gasteiger partial charge in [0, 0.05) is 16.7 Å². The summed E-state index contributed by atoms with van der Waals surface area (Å²) in [6.07, 6.45) is 0.927. The first kappa shape index (κ1) is 24.8. The number of rotatable bonds is 6. The van der Waals surface area contributed by atoms with Crippen LogP contribution in [0.15, 0.2) is 88.6 Å². The third-order valence-corrected chi connectivity index (χ3v) is 6.00. The number of carbonyl (C=O) groups excluding carboxylic acids is 1. The maximum Gasteiger partial charge on any atom is 0.270 e. The first-order valence-corrected chi connectivity index (χ1v) is 12.0. The van der Waals surface area contributed by atoms with Crippen LogP contribution in [0.5, 0.6) is 0 Å². The average molecular weight is 479 g/mol. The van der Waals surface area contributed by atoms with E-state index >= 15 is 0 Å². The van der Waals surface area contributed by atoms with Gasteiger partial charge in [-0.25, -0.2) is 9.67 Å². The van der Waals surface area contributed by atoms with Gasteiger partial charge in [-0.2, -0.15) is 5.10 Å². The lowest BCUT2D eigenvalue weighted by atomic mass is 10.1. The Morgan fingerprint density at radius 1 is 0.917 bits per heavy atom. The average Bonchev–Trinajstić information content (AvgIpc) is 2.88. The van der Waals surface area contributed by atoms with Gasteiger partial charge in [-0.1, -0.05) is 55.5 Å². The Hall–Kier alpha value is -4.32. The third kappa shape index (κ3) is 5.84. The summed E-state index contributed by atoms with van der Waals surface area (Å²) in [6, 6.07) is 25.0. The second-order valence-electron chi connectivity index (χ2n) is 8.87. The van der Waals surface area contributed by atoms with Gasteiger partial charge in [0.1, 0.15) is 5.84 Å². The summed E-state index contributed by atoms with van der Waals surface area (Å²) in [4.78, 5) is 30.2. The van der Waals surface area contributed by atoms with Gasteiger partial charge in [0.15, 0.2) is 0 Å². The van der Waals surface area contributed by atoms with E-state index in [9.17, 15) is 9.59 Å². The molecule has 1 aromatic heterocycles. The quantitative estimate of drug-likeness (QED) is 0.289. The van der Waals surface area contributed by atoms with Gasteiger partial charge >= 0.3 is 0 Å². The number of hydrogen-bond donors (Lipinski definition) is 1. The van der Waals surface area contributed by atoms with Crippen molar-refractivity contribution in [1.82, 2.24) is 15.1 Å². The largest absolute Gasteiger partial charge is 0.310 e. The molecular weight excluding hydrogens is 448 g/mol. The number of amides is 1. The molecule has 0 saturated heterocycles. The molecule has 6 heteroatoms. The predicted octanol–water partition coefficient (Wildman–Crippen LogP) is 5.62. The number of nitrogens with one attached hydrogen (secondary N) is 1. The van der Waals surface area contributed by atoms with E-state index in [1.165, 1.54) is 10.2 Å². The van der Waals surface area contributed by atoms with Crippen LogP contribution >= 0.6 is 0 Å². The fourth-order valence-corrected chi connectivity index (χ4v) is 3.99.